The molecule has 0 unspecified atom stereocenters. The smallest absolute Gasteiger partial charge is 0.337 e. The Hall–Kier alpha value is -0.720. The standard InChI is InChI=1S/C10H9F2IO2/c1-15-9(14)8-4-2-7(3-5-8)6-10(11,12)13/h2-5H,6H2,1H3. The number of alkyl halides is 3. The molecule has 0 amide bonds. The Morgan fingerprint density at radius 2 is 1.93 bits per heavy atom. The average molecular weight is 326 g/mol. The lowest BCUT2D eigenvalue weighted by atomic mass is 10.1. The second kappa shape index (κ2) is 4.87. The van der Waals surface area contributed by atoms with Gasteiger partial charge in [0.05, 0.1) is 12.7 Å². The summed E-state index contributed by atoms with van der Waals surface area (Å²) in [6, 6.07) is 5.95. The molecule has 2 nitrogen and oxygen atoms in total. The number of ether oxygens (including phenoxy) is 1. The lowest BCUT2D eigenvalue weighted by molar-refractivity contribution is 0.0600. The molecule has 0 aliphatic carbocycles. The Labute approximate surface area is 99.8 Å². The summed E-state index contributed by atoms with van der Waals surface area (Å²) in [5, 5.41) is 0. The fourth-order valence-corrected chi connectivity index (χ4v) is 1.55. The van der Waals surface area contributed by atoms with Crippen molar-refractivity contribution < 1.29 is 18.3 Å². The molecule has 0 bridgehead atoms. The van der Waals surface area contributed by atoms with Crippen molar-refractivity contribution in [2.24, 2.45) is 0 Å². The molecule has 0 aliphatic heterocycles. The van der Waals surface area contributed by atoms with Gasteiger partial charge in [0.2, 0.25) is 0 Å². The lowest BCUT2D eigenvalue weighted by Crippen LogP contribution is -2.09. The zero-order chi connectivity index (χ0) is 11.5. The molecule has 0 fully saturated rings. The van der Waals surface area contributed by atoms with Gasteiger partial charge in [-0.3, -0.25) is 0 Å². The first-order chi connectivity index (χ1) is 6.92. The Balaban J connectivity index is 2.77. The van der Waals surface area contributed by atoms with E-state index in [9.17, 15) is 13.6 Å². The quantitative estimate of drug-likeness (QED) is 0.485. The zero-order valence-electron chi connectivity index (χ0n) is 7.97. The van der Waals surface area contributed by atoms with Crippen molar-refractivity contribution in [2.75, 3.05) is 7.11 Å². The summed E-state index contributed by atoms with van der Waals surface area (Å²) in [4.78, 5) is 11.0. The molecule has 0 saturated heterocycles. The van der Waals surface area contributed by atoms with Crippen LogP contribution < -0.4 is 0 Å². The number of benzene rings is 1. The third-order valence-electron chi connectivity index (χ3n) is 1.78. The van der Waals surface area contributed by atoms with Gasteiger partial charge in [0.15, 0.2) is 0 Å². The Kier molecular flexibility index (Phi) is 4.01. The van der Waals surface area contributed by atoms with Gasteiger partial charge in [-0.2, -0.15) is 8.78 Å². The minimum Gasteiger partial charge on any atom is -0.465 e. The molecule has 1 aromatic rings. The van der Waals surface area contributed by atoms with E-state index in [1.165, 1.54) is 31.4 Å². The molecule has 82 valence electrons. The third-order valence-corrected chi connectivity index (χ3v) is 2.16. The minimum atomic E-state index is -2.76. The first-order valence-electron chi connectivity index (χ1n) is 4.16. The fraction of sp³-hybridized carbons (Fsp3) is 0.300. The maximum Gasteiger partial charge on any atom is 0.337 e. The van der Waals surface area contributed by atoms with Gasteiger partial charge in [0, 0.05) is 6.42 Å². The maximum absolute atomic E-state index is 12.6. The van der Waals surface area contributed by atoms with E-state index in [0.717, 1.165) is 22.6 Å². The molecule has 0 saturated carbocycles. The Morgan fingerprint density at radius 1 is 1.40 bits per heavy atom. The first-order valence-corrected chi connectivity index (χ1v) is 5.24. The summed E-state index contributed by atoms with van der Waals surface area (Å²) >= 11 is 1.08. The van der Waals surface area contributed by atoms with Crippen LogP contribution in [0.4, 0.5) is 8.78 Å². The molecule has 0 atom stereocenters. The monoisotopic (exact) mass is 326 g/mol. The van der Waals surface area contributed by atoms with Crippen molar-refractivity contribution in [1.82, 2.24) is 0 Å². The molecule has 0 aliphatic rings. The molecular formula is C10H9F2IO2. The summed E-state index contributed by atoms with van der Waals surface area (Å²) in [5.74, 6) is -0.470. The second-order valence-electron chi connectivity index (χ2n) is 2.98. The third kappa shape index (κ3) is 4.11. The van der Waals surface area contributed by atoms with Gasteiger partial charge in [0.1, 0.15) is 0 Å². The van der Waals surface area contributed by atoms with Crippen LogP contribution in [0.25, 0.3) is 0 Å². The number of carbonyl (C=O) groups excluding carboxylic acids is 1. The number of hydrogen-bond acceptors (Lipinski definition) is 2. The van der Waals surface area contributed by atoms with E-state index >= 15 is 0 Å². The topological polar surface area (TPSA) is 26.3 Å². The van der Waals surface area contributed by atoms with Gasteiger partial charge in [-0.25, -0.2) is 4.79 Å². The molecule has 0 heterocycles. The van der Waals surface area contributed by atoms with Crippen molar-refractivity contribution >= 4 is 28.6 Å². The SMILES string of the molecule is COC(=O)c1ccc(CC(F)(F)I)cc1. The molecule has 0 aromatic heterocycles. The van der Waals surface area contributed by atoms with Crippen molar-refractivity contribution in [3.8, 4) is 0 Å². The van der Waals surface area contributed by atoms with E-state index < -0.39 is 9.90 Å². The van der Waals surface area contributed by atoms with Crippen LogP contribution >= 0.6 is 22.6 Å². The highest BCUT2D eigenvalue weighted by Crippen LogP contribution is 2.27. The Bertz CT molecular complexity index is 343. The van der Waals surface area contributed by atoms with Crippen LogP contribution in [0, 0.1) is 0 Å². The molecule has 1 aromatic carbocycles. The van der Waals surface area contributed by atoms with E-state index in [2.05, 4.69) is 4.74 Å². The molecule has 0 radical (unpaired) electrons. The molecule has 15 heavy (non-hydrogen) atoms. The zero-order valence-corrected chi connectivity index (χ0v) is 10.1. The van der Waals surface area contributed by atoms with E-state index in [0.29, 0.717) is 11.1 Å². The summed E-state index contributed by atoms with van der Waals surface area (Å²) < 4.78 is 27.0. The summed E-state index contributed by atoms with van der Waals surface area (Å²) in [5.41, 5.74) is 0.847. The lowest BCUT2D eigenvalue weighted by Gasteiger charge is -2.08. The summed E-state index contributed by atoms with van der Waals surface area (Å²) in [6.45, 7) is 0. The van der Waals surface area contributed by atoms with Gasteiger partial charge in [-0.1, -0.05) is 12.1 Å². The highest BCUT2D eigenvalue weighted by atomic mass is 127. The average Bonchev–Trinajstić information content (AvgIpc) is 2.15. The van der Waals surface area contributed by atoms with Crippen LogP contribution in [0.1, 0.15) is 15.9 Å². The highest BCUT2D eigenvalue weighted by molar-refractivity contribution is 14.1. The van der Waals surface area contributed by atoms with Crippen molar-refractivity contribution in [1.29, 1.82) is 0 Å². The fourth-order valence-electron chi connectivity index (χ4n) is 1.11. The largest absolute Gasteiger partial charge is 0.465 e. The van der Waals surface area contributed by atoms with Crippen LogP contribution in [0.3, 0.4) is 0 Å². The van der Waals surface area contributed by atoms with Gasteiger partial charge >= 0.3 is 9.90 Å². The number of hydrogen-bond donors (Lipinski definition) is 0. The summed E-state index contributed by atoms with van der Waals surface area (Å²) in [6.07, 6.45) is -0.338. The van der Waals surface area contributed by atoms with Crippen molar-refractivity contribution in [3.05, 3.63) is 35.4 Å². The molecule has 5 heteroatoms. The number of esters is 1. The van der Waals surface area contributed by atoms with Crippen LogP contribution in [0.15, 0.2) is 24.3 Å². The predicted molar refractivity (Wildman–Crippen MR) is 60.5 cm³/mol. The normalized spacial score (nSPS) is 11.2. The van der Waals surface area contributed by atoms with Gasteiger partial charge in [-0.15, -0.1) is 0 Å². The predicted octanol–water partition coefficient (Wildman–Crippen LogP) is 3.04. The van der Waals surface area contributed by atoms with E-state index in [4.69, 9.17) is 0 Å². The molecule has 0 spiro atoms. The minimum absolute atomic E-state index is 0.338. The summed E-state index contributed by atoms with van der Waals surface area (Å²) in [7, 11) is 1.27. The van der Waals surface area contributed by atoms with Crippen LogP contribution in [-0.4, -0.2) is 17.0 Å². The Morgan fingerprint density at radius 3 is 2.33 bits per heavy atom. The van der Waals surface area contributed by atoms with Crippen LogP contribution in [0.2, 0.25) is 0 Å². The molecular weight excluding hydrogens is 317 g/mol. The number of halogens is 3. The van der Waals surface area contributed by atoms with Crippen LogP contribution in [0.5, 0.6) is 0 Å². The van der Waals surface area contributed by atoms with Gasteiger partial charge in [0.25, 0.3) is 0 Å². The second-order valence-corrected chi connectivity index (χ2v) is 4.56. The molecule has 1 rings (SSSR count). The maximum atomic E-state index is 12.6. The van der Waals surface area contributed by atoms with Crippen LogP contribution in [-0.2, 0) is 11.2 Å². The number of rotatable bonds is 3. The van der Waals surface area contributed by atoms with Crippen molar-refractivity contribution in [2.45, 2.75) is 10.4 Å². The number of methoxy groups -OCH3 is 1. The number of carbonyl (C=O) groups is 1. The van der Waals surface area contributed by atoms with E-state index in [1.807, 2.05) is 0 Å². The van der Waals surface area contributed by atoms with E-state index in [-0.39, 0.29) is 6.42 Å². The van der Waals surface area contributed by atoms with E-state index in [1.54, 1.807) is 0 Å². The van der Waals surface area contributed by atoms with Gasteiger partial charge in [-0.05, 0) is 40.3 Å². The van der Waals surface area contributed by atoms with Crippen molar-refractivity contribution in [3.63, 3.8) is 0 Å². The first kappa shape index (κ1) is 12.4. The van der Waals surface area contributed by atoms with Gasteiger partial charge < -0.3 is 4.74 Å². The molecule has 0 N–H and O–H groups in total. The highest BCUT2D eigenvalue weighted by Gasteiger charge is 2.23.